The zero-order chi connectivity index (χ0) is 23.5. The second-order valence-electron chi connectivity index (χ2n) is 7.97. The Labute approximate surface area is 202 Å². The highest BCUT2D eigenvalue weighted by Gasteiger charge is 2.35. The Morgan fingerprint density at radius 2 is 1.76 bits per heavy atom. The van der Waals surface area contributed by atoms with Gasteiger partial charge in [0.1, 0.15) is 11.1 Å². The molecule has 0 aliphatic carbocycles. The molecule has 1 fully saturated rings. The van der Waals surface area contributed by atoms with E-state index in [1.807, 2.05) is 97.9 Å². The van der Waals surface area contributed by atoms with Gasteiger partial charge in [0, 0.05) is 11.3 Å². The lowest BCUT2D eigenvalue weighted by Gasteiger charge is -2.26. The summed E-state index contributed by atoms with van der Waals surface area (Å²) >= 11 is 1.57. The molecule has 0 radical (unpaired) electrons. The SMILES string of the molecule is CCOc1ccccc1N1C(=O)CSC1c1cccc(NC(=O)c2ccc3ccccc3c2)c1. The van der Waals surface area contributed by atoms with Crippen LogP contribution in [-0.2, 0) is 4.79 Å². The predicted octanol–water partition coefficient (Wildman–Crippen LogP) is 6.27. The fraction of sp³-hybridized carbons (Fsp3) is 0.143. The Hall–Kier alpha value is -3.77. The highest BCUT2D eigenvalue weighted by atomic mass is 32.2. The summed E-state index contributed by atoms with van der Waals surface area (Å²) in [4.78, 5) is 27.6. The lowest BCUT2D eigenvalue weighted by Crippen LogP contribution is -2.28. The van der Waals surface area contributed by atoms with E-state index < -0.39 is 0 Å². The van der Waals surface area contributed by atoms with Gasteiger partial charge in [-0.1, -0.05) is 54.6 Å². The second kappa shape index (κ2) is 9.61. The summed E-state index contributed by atoms with van der Waals surface area (Å²) in [6.07, 6.45) is 0. The van der Waals surface area contributed by atoms with Crippen LogP contribution in [0.5, 0.6) is 5.75 Å². The smallest absolute Gasteiger partial charge is 0.255 e. The van der Waals surface area contributed by atoms with Crippen molar-refractivity contribution < 1.29 is 14.3 Å². The van der Waals surface area contributed by atoms with E-state index in [1.54, 1.807) is 16.7 Å². The van der Waals surface area contributed by atoms with Gasteiger partial charge in [-0.05, 0) is 59.7 Å². The molecule has 1 N–H and O–H groups in total. The Kier molecular flexibility index (Phi) is 6.23. The van der Waals surface area contributed by atoms with Gasteiger partial charge in [0.15, 0.2) is 0 Å². The van der Waals surface area contributed by atoms with E-state index >= 15 is 0 Å². The molecule has 0 aromatic heterocycles. The van der Waals surface area contributed by atoms with Gasteiger partial charge in [0.2, 0.25) is 5.91 Å². The molecular formula is C28H24N2O3S. The van der Waals surface area contributed by atoms with Crippen molar-refractivity contribution in [2.45, 2.75) is 12.3 Å². The summed E-state index contributed by atoms with van der Waals surface area (Å²) < 4.78 is 5.78. The van der Waals surface area contributed by atoms with Gasteiger partial charge >= 0.3 is 0 Å². The molecule has 0 saturated carbocycles. The zero-order valence-corrected chi connectivity index (χ0v) is 19.5. The van der Waals surface area contributed by atoms with Crippen molar-refractivity contribution in [3.63, 3.8) is 0 Å². The average molecular weight is 469 g/mol. The minimum Gasteiger partial charge on any atom is -0.492 e. The van der Waals surface area contributed by atoms with Crippen LogP contribution in [0.15, 0.2) is 91.0 Å². The molecular weight excluding hydrogens is 444 g/mol. The molecule has 2 amide bonds. The van der Waals surface area contributed by atoms with Crippen LogP contribution >= 0.6 is 11.8 Å². The third kappa shape index (κ3) is 4.37. The Bertz CT molecular complexity index is 1370. The van der Waals surface area contributed by atoms with Crippen molar-refractivity contribution in [1.82, 2.24) is 0 Å². The number of hydrogen-bond donors (Lipinski definition) is 1. The van der Waals surface area contributed by atoms with Crippen molar-refractivity contribution in [1.29, 1.82) is 0 Å². The van der Waals surface area contributed by atoms with Crippen LogP contribution in [-0.4, -0.2) is 24.2 Å². The third-order valence-electron chi connectivity index (χ3n) is 5.73. The van der Waals surface area contributed by atoms with Crippen molar-refractivity contribution >= 4 is 45.7 Å². The van der Waals surface area contributed by atoms with Gasteiger partial charge in [-0.25, -0.2) is 0 Å². The number of amides is 2. The molecule has 0 bridgehead atoms. The largest absolute Gasteiger partial charge is 0.492 e. The van der Waals surface area contributed by atoms with Crippen molar-refractivity contribution in [2.24, 2.45) is 0 Å². The van der Waals surface area contributed by atoms with Gasteiger partial charge in [-0.2, -0.15) is 0 Å². The van der Waals surface area contributed by atoms with Crippen LogP contribution in [0.1, 0.15) is 28.2 Å². The number of nitrogens with one attached hydrogen (secondary N) is 1. The normalized spacial score (nSPS) is 15.5. The molecule has 1 aliphatic rings. The second-order valence-corrected chi connectivity index (χ2v) is 9.04. The van der Waals surface area contributed by atoms with Crippen LogP contribution in [0, 0.1) is 0 Å². The van der Waals surface area contributed by atoms with Gasteiger partial charge < -0.3 is 10.1 Å². The van der Waals surface area contributed by atoms with E-state index in [0.29, 0.717) is 29.4 Å². The molecule has 1 saturated heterocycles. The summed E-state index contributed by atoms with van der Waals surface area (Å²) in [5.74, 6) is 0.940. The summed E-state index contributed by atoms with van der Waals surface area (Å²) in [5, 5.41) is 4.92. The van der Waals surface area contributed by atoms with Gasteiger partial charge in [-0.3, -0.25) is 14.5 Å². The van der Waals surface area contributed by atoms with Gasteiger partial charge in [-0.15, -0.1) is 11.8 Å². The molecule has 1 unspecified atom stereocenters. The number of fused-ring (bicyclic) bond motifs is 1. The zero-order valence-electron chi connectivity index (χ0n) is 18.7. The number of nitrogens with zero attached hydrogens (tertiary/aromatic N) is 1. The van der Waals surface area contributed by atoms with Crippen molar-refractivity contribution in [3.05, 3.63) is 102 Å². The minimum atomic E-state index is -0.202. The molecule has 5 nitrogen and oxygen atoms in total. The molecule has 4 aromatic rings. The van der Waals surface area contributed by atoms with Crippen LogP contribution in [0.4, 0.5) is 11.4 Å². The maximum atomic E-state index is 12.9. The highest BCUT2D eigenvalue weighted by Crippen LogP contribution is 2.45. The first kappa shape index (κ1) is 22.0. The van der Waals surface area contributed by atoms with Gasteiger partial charge in [0.25, 0.3) is 5.91 Å². The first-order chi connectivity index (χ1) is 16.6. The number of ether oxygens (including phenoxy) is 1. The van der Waals surface area contributed by atoms with E-state index in [2.05, 4.69) is 5.32 Å². The monoisotopic (exact) mass is 468 g/mol. The molecule has 4 aromatic carbocycles. The number of carbonyl (C=O) groups is 2. The topological polar surface area (TPSA) is 58.6 Å². The number of anilines is 2. The maximum absolute atomic E-state index is 12.9. The Balaban J connectivity index is 1.41. The van der Waals surface area contributed by atoms with Crippen molar-refractivity contribution in [3.8, 4) is 5.75 Å². The molecule has 1 atom stereocenters. The quantitative estimate of drug-likeness (QED) is 0.362. The molecule has 5 rings (SSSR count). The Morgan fingerprint density at radius 1 is 0.971 bits per heavy atom. The molecule has 1 heterocycles. The van der Waals surface area contributed by atoms with Crippen LogP contribution in [0.2, 0.25) is 0 Å². The lowest BCUT2D eigenvalue weighted by molar-refractivity contribution is -0.115. The molecule has 34 heavy (non-hydrogen) atoms. The average Bonchev–Trinajstić information content (AvgIpc) is 3.25. The number of benzene rings is 4. The summed E-state index contributed by atoms with van der Waals surface area (Å²) in [6, 6.07) is 28.9. The van der Waals surface area contributed by atoms with Gasteiger partial charge in [0.05, 0.1) is 18.0 Å². The standard InChI is InChI=1S/C28H24N2O3S/c1-2-33-25-13-6-5-12-24(25)30-26(31)18-34-28(30)22-10-7-11-23(17-22)29-27(32)21-15-14-19-8-3-4-9-20(19)16-21/h3-17,28H,2,18H2,1H3,(H,29,32). The highest BCUT2D eigenvalue weighted by molar-refractivity contribution is 8.00. The summed E-state index contributed by atoms with van der Waals surface area (Å²) in [6.45, 7) is 2.45. The number of carbonyl (C=O) groups excluding carboxylic acids is 2. The van der Waals surface area contributed by atoms with E-state index in [-0.39, 0.29) is 17.2 Å². The number of para-hydroxylation sites is 2. The van der Waals surface area contributed by atoms with Crippen molar-refractivity contribution in [2.75, 3.05) is 22.6 Å². The number of rotatable bonds is 6. The predicted molar refractivity (Wildman–Crippen MR) is 139 cm³/mol. The molecule has 0 spiro atoms. The number of thioether (sulfide) groups is 1. The third-order valence-corrected chi connectivity index (χ3v) is 6.95. The van der Waals surface area contributed by atoms with E-state index in [4.69, 9.17) is 4.74 Å². The fourth-order valence-corrected chi connectivity index (χ4v) is 5.33. The van der Waals surface area contributed by atoms with E-state index in [1.165, 1.54) is 0 Å². The Morgan fingerprint density at radius 3 is 2.62 bits per heavy atom. The van der Waals surface area contributed by atoms with Crippen LogP contribution in [0.3, 0.4) is 0 Å². The number of hydrogen-bond acceptors (Lipinski definition) is 4. The van der Waals surface area contributed by atoms with E-state index in [9.17, 15) is 9.59 Å². The van der Waals surface area contributed by atoms with Crippen LogP contribution in [0.25, 0.3) is 10.8 Å². The maximum Gasteiger partial charge on any atom is 0.255 e. The molecule has 170 valence electrons. The molecule has 1 aliphatic heterocycles. The fourth-order valence-electron chi connectivity index (χ4n) is 4.17. The first-order valence-corrected chi connectivity index (χ1v) is 12.2. The van der Waals surface area contributed by atoms with E-state index in [0.717, 1.165) is 22.0 Å². The minimum absolute atomic E-state index is 0.0350. The lowest BCUT2D eigenvalue weighted by atomic mass is 10.1. The molecule has 6 heteroatoms. The summed E-state index contributed by atoms with van der Waals surface area (Å²) in [7, 11) is 0. The van der Waals surface area contributed by atoms with Crippen LogP contribution < -0.4 is 15.0 Å². The summed E-state index contributed by atoms with van der Waals surface area (Å²) in [5.41, 5.74) is 2.99. The first-order valence-electron chi connectivity index (χ1n) is 11.2.